The number of amides is 2. The van der Waals surface area contributed by atoms with Crippen molar-refractivity contribution in [1.29, 1.82) is 0 Å². The molecule has 0 radical (unpaired) electrons. The Hall–Kier alpha value is -2.65. The average molecular weight is 429 g/mol. The third kappa shape index (κ3) is 4.35. The first-order valence-corrected chi connectivity index (χ1v) is 11.2. The molecule has 29 heavy (non-hydrogen) atoms. The van der Waals surface area contributed by atoms with Gasteiger partial charge in [-0.25, -0.2) is 4.98 Å². The zero-order valence-corrected chi connectivity index (χ0v) is 17.5. The molecule has 9 heteroatoms. The van der Waals surface area contributed by atoms with Crippen LogP contribution in [0.5, 0.6) is 0 Å². The molecule has 150 valence electrons. The lowest BCUT2D eigenvalue weighted by Gasteiger charge is -2.16. The Morgan fingerprint density at radius 3 is 2.79 bits per heavy atom. The second kappa shape index (κ2) is 8.38. The first-order chi connectivity index (χ1) is 14.0. The van der Waals surface area contributed by atoms with Gasteiger partial charge in [0.2, 0.25) is 11.8 Å². The Balaban J connectivity index is 1.57. The van der Waals surface area contributed by atoms with Gasteiger partial charge < -0.3 is 4.98 Å². The molecule has 2 heterocycles. The maximum atomic E-state index is 12.7. The second-order valence-electron chi connectivity index (χ2n) is 6.91. The Labute approximate surface area is 175 Å². The van der Waals surface area contributed by atoms with E-state index < -0.39 is 0 Å². The summed E-state index contributed by atoms with van der Waals surface area (Å²) in [5, 5.41) is 2.92. The van der Waals surface area contributed by atoms with Gasteiger partial charge in [-0.3, -0.25) is 25.2 Å². The Kier molecular flexibility index (Phi) is 5.68. The van der Waals surface area contributed by atoms with Crippen LogP contribution in [0.3, 0.4) is 0 Å². The minimum atomic E-state index is -0.381. The van der Waals surface area contributed by atoms with Gasteiger partial charge in [0.1, 0.15) is 4.83 Å². The number of benzene rings is 1. The van der Waals surface area contributed by atoms with Crippen LogP contribution in [-0.4, -0.2) is 27.5 Å². The van der Waals surface area contributed by atoms with E-state index in [1.807, 2.05) is 5.38 Å². The number of nitrogens with zero attached hydrogens (tertiary/aromatic N) is 1. The van der Waals surface area contributed by atoms with Crippen LogP contribution in [-0.2, 0) is 22.4 Å². The molecule has 0 atom stereocenters. The minimum Gasteiger partial charge on any atom is -0.301 e. The molecule has 1 aromatic carbocycles. The summed E-state index contributed by atoms with van der Waals surface area (Å²) >= 11 is 2.53. The number of carbonyl (C=O) groups is 2. The number of H-pyrrole nitrogens is 1. The number of aryl methyl sites for hydroxylation is 2. The van der Waals surface area contributed by atoms with Crippen LogP contribution in [0.25, 0.3) is 21.3 Å². The van der Waals surface area contributed by atoms with E-state index in [9.17, 15) is 14.4 Å². The highest BCUT2D eigenvalue weighted by atomic mass is 32.2. The lowest BCUT2D eigenvalue weighted by atomic mass is 9.89. The number of fused-ring (bicyclic) bond motifs is 2. The molecule has 0 spiro atoms. The van der Waals surface area contributed by atoms with E-state index in [1.165, 1.54) is 42.2 Å². The summed E-state index contributed by atoms with van der Waals surface area (Å²) < 4.78 is 0. The highest BCUT2D eigenvalue weighted by Gasteiger charge is 2.16. The van der Waals surface area contributed by atoms with Gasteiger partial charge in [0.05, 0.1) is 11.1 Å². The molecule has 4 rings (SSSR count). The number of nitrogens with one attached hydrogen (secondary N) is 3. The largest absolute Gasteiger partial charge is 0.301 e. The smallest absolute Gasteiger partial charge is 0.260 e. The number of rotatable bonds is 4. The molecule has 7 nitrogen and oxygen atoms in total. The van der Waals surface area contributed by atoms with Crippen LogP contribution in [0.15, 0.2) is 33.5 Å². The molecule has 3 N–H and O–H groups in total. The van der Waals surface area contributed by atoms with Crippen molar-refractivity contribution < 1.29 is 9.59 Å². The molecule has 3 aromatic rings. The van der Waals surface area contributed by atoms with Crippen LogP contribution in [0, 0.1) is 0 Å². The molecule has 0 unspecified atom stereocenters. The number of hydrazine groups is 1. The minimum absolute atomic E-state index is 0.0256. The zero-order valence-electron chi connectivity index (χ0n) is 15.8. The normalized spacial score (nSPS) is 13.1. The van der Waals surface area contributed by atoms with Gasteiger partial charge in [-0.05, 0) is 42.4 Å². The van der Waals surface area contributed by atoms with Crippen molar-refractivity contribution in [2.75, 3.05) is 5.75 Å². The first-order valence-electron chi connectivity index (χ1n) is 9.33. The number of hydrogen-bond donors (Lipinski definition) is 3. The zero-order chi connectivity index (χ0) is 20.4. The van der Waals surface area contributed by atoms with E-state index in [1.54, 1.807) is 0 Å². The third-order valence-electron chi connectivity index (χ3n) is 4.80. The van der Waals surface area contributed by atoms with Crippen LogP contribution in [0.4, 0.5) is 0 Å². The molecule has 2 amide bonds. The van der Waals surface area contributed by atoms with Gasteiger partial charge in [0.15, 0.2) is 5.16 Å². The fourth-order valence-corrected chi connectivity index (χ4v) is 5.11. The lowest BCUT2D eigenvalue weighted by Crippen LogP contribution is -2.41. The first kappa shape index (κ1) is 19.7. The van der Waals surface area contributed by atoms with Crippen LogP contribution >= 0.6 is 23.1 Å². The molecule has 1 aliphatic carbocycles. The Morgan fingerprint density at radius 2 is 2.00 bits per heavy atom. The highest BCUT2D eigenvalue weighted by molar-refractivity contribution is 7.99. The lowest BCUT2D eigenvalue weighted by molar-refractivity contribution is -0.126. The van der Waals surface area contributed by atoms with Crippen molar-refractivity contribution in [1.82, 2.24) is 20.8 Å². The number of thiophene rings is 1. The summed E-state index contributed by atoms with van der Waals surface area (Å²) in [6.45, 7) is 1.30. The summed E-state index contributed by atoms with van der Waals surface area (Å²) in [6.07, 6.45) is 4.65. The molecule has 0 aliphatic heterocycles. The number of aromatic nitrogens is 2. The molecule has 0 saturated carbocycles. The summed E-state index contributed by atoms with van der Waals surface area (Å²) in [7, 11) is 0. The van der Waals surface area contributed by atoms with E-state index in [0.717, 1.165) is 35.7 Å². The number of hydrogen-bond acceptors (Lipinski definition) is 6. The quantitative estimate of drug-likeness (QED) is 0.337. The van der Waals surface area contributed by atoms with Crippen molar-refractivity contribution in [2.45, 2.75) is 37.8 Å². The third-order valence-corrected chi connectivity index (χ3v) is 6.55. The Bertz CT molecular complexity index is 1150. The van der Waals surface area contributed by atoms with E-state index in [4.69, 9.17) is 0 Å². The van der Waals surface area contributed by atoms with Gasteiger partial charge in [-0.2, -0.15) is 0 Å². The molecule has 0 bridgehead atoms. The molecular weight excluding hydrogens is 408 g/mol. The predicted octanol–water partition coefficient (Wildman–Crippen LogP) is 2.79. The molecule has 0 saturated heterocycles. The van der Waals surface area contributed by atoms with Gasteiger partial charge >= 0.3 is 0 Å². The fraction of sp³-hybridized carbons (Fsp3) is 0.300. The summed E-state index contributed by atoms with van der Waals surface area (Å²) in [4.78, 5) is 43.2. The fourth-order valence-electron chi connectivity index (χ4n) is 3.44. The summed E-state index contributed by atoms with van der Waals surface area (Å²) in [5.74, 6) is -0.712. The van der Waals surface area contributed by atoms with Crippen LogP contribution < -0.4 is 16.4 Å². The van der Waals surface area contributed by atoms with E-state index in [-0.39, 0.29) is 23.1 Å². The van der Waals surface area contributed by atoms with Crippen LogP contribution in [0.2, 0.25) is 0 Å². The van der Waals surface area contributed by atoms with Crippen molar-refractivity contribution in [2.24, 2.45) is 0 Å². The molecular formula is C20H20N4O3S2. The second-order valence-corrected chi connectivity index (χ2v) is 8.73. The predicted molar refractivity (Wildman–Crippen MR) is 115 cm³/mol. The summed E-state index contributed by atoms with van der Waals surface area (Å²) in [6, 6.07) is 6.46. The molecule has 0 fully saturated rings. The summed E-state index contributed by atoms with van der Waals surface area (Å²) in [5.41, 5.74) is 9.00. The Morgan fingerprint density at radius 1 is 1.21 bits per heavy atom. The van der Waals surface area contributed by atoms with Gasteiger partial charge in [-0.1, -0.05) is 30.0 Å². The van der Waals surface area contributed by atoms with Crippen molar-refractivity contribution in [3.05, 3.63) is 45.1 Å². The monoisotopic (exact) mass is 428 g/mol. The van der Waals surface area contributed by atoms with Gasteiger partial charge in [0, 0.05) is 17.9 Å². The highest BCUT2D eigenvalue weighted by Crippen LogP contribution is 2.34. The SMILES string of the molecule is CC(=O)NNC(=O)CSc1nc2scc(-c3ccc4c(c3)CCCC4)c2c(=O)[nH]1. The average Bonchev–Trinajstić information content (AvgIpc) is 3.15. The van der Waals surface area contributed by atoms with E-state index in [2.05, 4.69) is 39.0 Å². The topological polar surface area (TPSA) is 104 Å². The molecule has 2 aromatic heterocycles. The van der Waals surface area contributed by atoms with Crippen molar-refractivity contribution in [3.63, 3.8) is 0 Å². The maximum Gasteiger partial charge on any atom is 0.260 e. The van der Waals surface area contributed by atoms with Crippen molar-refractivity contribution >= 4 is 45.1 Å². The van der Waals surface area contributed by atoms with Crippen LogP contribution in [0.1, 0.15) is 30.9 Å². The van der Waals surface area contributed by atoms with Gasteiger partial charge in [-0.15, -0.1) is 11.3 Å². The van der Waals surface area contributed by atoms with E-state index in [0.29, 0.717) is 15.4 Å². The maximum absolute atomic E-state index is 12.7. The number of thioether (sulfide) groups is 1. The number of aromatic amines is 1. The standard InChI is InChI=1S/C20H20N4O3S2/c1-11(25)23-24-16(26)10-29-20-21-18(27)17-15(9-28-19(17)22-20)14-7-6-12-4-2-3-5-13(12)8-14/h6-9H,2-5,10H2,1H3,(H,23,25)(H,24,26)(H,21,22,27). The molecule has 1 aliphatic rings. The van der Waals surface area contributed by atoms with E-state index >= 15 is 0 Å². The van der Waals surface area contributed by atoms with Gasteiger partial charge in [0.25, 0.3) is 5.56 Å². The number of carbonyl (C=O) groups excluding carboxylic acids is 2. The van der Waals surface area contributed by atoms with Crippen molar-refractivity contribution in [3.8, 4) is 11.1 Å².